The zero-order valence-corrected chi connectivity index (χ0v) is 15.9. The van der Waals surface area contributed by atoms with Crippen molar-refractivity contribution in [3.63, 3.8) is 0 Å². The molecule has 1 aliphatic heterocycles. The second kappa shape index (κ2) is 9.46. The first kappa shape index (κ1) is 20.1. The van der Waals surface area contributed by atoms with Crippen LogP contribution in [0.1, 0.15) is 49.9 Å². The molecule has 1 aromatic carbocycles. The molecule has 2 rings (SSSR count). The second-order valence-corrected chi connectivity index (χ2v) is 7.23. The number of carbonyl (C=O) groups excluding carboxylic acids is 1. The van der Waals surface area contributed by atoms with Crippen molar-refractivity contribution in [3.05, 3.63) is 23.8 Å². The van der Waals surface area contributed by atoms with Crippen LogP contribution in [0.3, 0.4) is 0 Å². The number of hydrogen-bond acceptors (Lipinski definition) is 4. The Morgan fingerprint density at radius 3 is 2.50 bits per heavy atom. The largest absolute Gasteiger partial charge is 0.493 e. The molecule has 0 saturated carbocycles. The van der Waals surface area contributed by atoms with E-state index in [0.29, 0.717) is 42.7 Å². The zero-order chi connectivity index (χ0) is 19.1. The first-order valence-corrected chi connectivity index (χ1v) is 9.22. The summed E-state index contributed by atoms with van der Waals surface area (Å²) in [4.78, 5) is 25.3. The van der Waals surface area contributed by atoms with Crippen LogP contribution in [0.15, 0.2) is 18.2 Å². The summed E-state index contributed by atoms with van der Waals surface area (Å²) >= 11 is 0. The van der Waals surface area contributed by atoms with E-state index in [4.69, 9.17) is 14.6 Å². The van der Waals surface area contributed by atoms with Gasteiger partial charge in [-0.2, -0.15) is 0 Å². The Balaban J connectivity index is 1.97. The molecule has 1 saturated heterocycles. The monoisotopic (exact) mass is 363 g/mol. The number of likely N-dealkylation sites (tertiary alicyclic amines) is 1. The average molecular weight is 363 g/mol. The maximum atomic E-state index is 12.7. The van der Waals surface area contributed by atoms with Crippen LogP contribution < -0.4 is 9.47 Å². The van der Waals surface area contributed by atoms with Crippen molar-refractivity contribution in [2.75, 3.05) is 26.8 Å². The van der Waals surface area contributed by atoms with Gasteiger partial charge < -0.3 is 19.5 Å². The van der Waals surface area contributed by atoms with Crippen molar-refractivity contribution in [2.24, 2.45) is 11.8 Å². The molecule has 0 radical (unpaired) electrons. The normalized spacial score (nSPS) is 15.2. The van der Waals surface area contributed by atoms with Gasteiger partial charge in [-0.3, -0.25) is 9.59 Å². The van der Waals surface area contributed by atoms with Gasteiger partial charge in [0, 0.05) is 25.1 Å². The molecule has 0 atom stereocenters. The summed E-state index contributed by atoms with van der Waals surface area (Å²) in [6.07, 6.45) is 2.59. The van der Waals surface area contributed by atoms with Crippen molar-refractivity contribution in [1.82, 2.24) is 4.90 Å². The number of carboxylic acid groups (broad SMARTS) is 1. The Labute approximate surface area is 155 Å². The highest BCUT2D eigenvalue weighted by atomic mass is 16.5. The van der Waals surface area contributed by atoms with E-state index in [1.165, 1.54) is 0 Å². The van der Waals surface area contributed by atoms with Gasteiger partial charge in [-0.05, 0) is 49.3 Å². The molecule has 0 bridgehead atoms. The van der Waals surface area contributed by atoms with Crippen LogP contribution in [-0.4, -0.2) is 48.7 Å². The number of benzene rings is 1. The van der Waals surface area contributed by atoms with E-state index in [-0.39, 0.29) is 18.2 Å². The number of rotatable bonds is 8. The van der Waals surface area contributed by atoms with Crippen molar-refractivity contribution in [1.29, 1.82) is 0 Å². The lowest BCUT2D eigenvalue weighted by molar-refractivity contribution is -0.138. The molecule has 0 aliphatic carbocycles. The molecule has 6 heteroatoms. The van der Waals surface area contributed by atoms with E-state index in [0.717, 1.165) is 19.3 Å². The van der Waals surface area contributed by atoms with Crippen LogP contribution in [0.4, 0.5) is 0 Å². The summed E-state index contributed by atoms with van der Waals surface area (Å²) in [6, 6.07) is 5.26. The van der Waals surface area contributed by atoms with Gasteiger partial charge in [0.15, 0.2) is 11.5 Å². The van der Waals surface area contributed by atoms with Crippen LogP contribution in [0.25, 0.3) is 0 Å². The summed E-state index contributed by atoms with van der Waals surface area (Å²) in [7, 11) is 1.57. The third kappa shape index (κ3) is 5.64. The van der Waals surface area contributed by atoms with E-state index >= 15 is 0 Å². The fourth-order valence-electron chi connectivity index (χ4n) is 3.09. The summed E-state index contributed by atoms with van der Waals surface area (Å²) in [5.41, 5.74) is 0.565. The van der Waals surface area contributed by atoms with E-state index < -0.39 is 5.97 Å². The third-order valence-electron chi connectivity index (χ3n) is 4.73. The standard InChI is InChI=1S/C20H29NO5/c1-14(2)8-11-26-17-5-4-16(13-18(17)25-3)20(24)21-9-6-15(7-10-21)12-19(22)23/h4-5,13-15H,6-12H2,1-3H3,(H,22,23). The predicted molar refractivity (Wildman–Crippen MR) is 98.8 cm³/mol. The molecule has 0 aromatic heterocycles. The average Bonchev–Trinajstić information content (AvgIpc) is 2.61. The quantitative estimate of drug-likeness (QED) is 0.765. The molecule has 6 nitrogen and oxygen atoms in total. The molecule has 1 amide bonds. The fourth-order valence-corrected chi connectivity index (χ4v) is 3.09. The molecule has 0 spiro atoms. The molecule has 1 heterocycles. The van der Waals surface area contributed by atoms with Gasteiger partial charge in [0.25, 0.3) is 5.91 Å². The van der Waals surface area contributed by atoms with E-state index in [9.17, 15) is 9.59 Å². The lowest BCUT2D eigenvalue weighted by atomic mass is 9.93. The summed E-state index contributed by atoms with van der Waals surface area (Å²) < 4.78 is 11.1. The maximum absolute atomic E-state index is 12.7. The number of methoxy groups -OCH3 is 1. The summed E-state index contributed by atoms with van der Waals surface area (Å²) in [5, 5.41) is 8.89. The molecule has 1 aromatic rings. The zero-order valence-electron chi connectivity index (χ0n) is 15.9. The van der Waals surface area contributed by atoms with Crippen LogP contribution in [0.2, 0.25) is 0 Å². The van der Waals surface area contributed by atoms with E-state index in [2.05, 4.69) is 13.8 Å². The number of ether oxygens (including phenoxy) is 2. The number of nitrogens with zero attached hydrogens (tertiary/aromatic N) is 1. The highest BCUT2D eigenvalue weighted by Gasteiger charge is 2.25. The topological polar surface area (TPSA) is 76.1 Å². The number of hydrogen-bond donors (Lipinski definition) is 1. The minimum absolute atomic E-state index is 0.0502. The minimum Gasteiger partial charge on any atom is -0.493 e. The number of carbonyl (C=O) groups is 2. The first-order valence-electron chi connectivity index (χ1n) is 9.22. The molecule has 1 aliphatic rings. The van der Waals surface area contributed by atoms with Gasteiger partial charge >= 0.3 is 5.97 Å². The SMILES string of the molecule is COc1cc(C(=O)N2CCC(CC(=O)O)CC2)ccc1OCCC(C)C. The summed E-state index contributed by atoms with van der Waals surface area (Å²) in [5.74, 6) is 1.09. The van der Waals surface area contributed by atoms with E-state index in [1.807, 2.05) is 0 Å². The van der Waals surface area contributed by atoms with Crippen molar-refractivity contribution >= 4 is 11.9 Å². The number of carboxylic acids is 1. The smallest absolute Gasteiger partial charge is 0.303 e. The maximum Gasteiger partial charge on any atom is 0.303 e. The van der Waals surface area contributed by atoms with Crippen molar-refractivity contribution < 1.29 is 24.2 Å². The highest BCUT2D eigenvalue weighted by molar-refractivity contribution is 5.95. The lowest BCUT2D eigenvalue weighted by Crippen LogP contribution is -2.38. The van der Waals surface area contributed by atoms with Gasteiger partial charge in [0.2, 0.25) is 0 Å². The number of amides is 1. The second-order valence-electron chi connectivity index (χ2n) is 7.23. The lowest BCUT2D eigenvalue weighted by Gasteiger charge is -2.31. The fraction of sp³-hybridized carbons (Fsp3) is 0.600. The van der Waals surface area contributed by atoms with Gasteiger partial charge in [-0.15, -0.1) is 0 Å². The molecular formula is C20H29NO5. The van der Waals surface area contributed by atoms with Crippen LogP contribution in [0, 0.1) is 11.8 Å². The van der Waals surface area contributed by atoms with Gasteiger partial charge in [-0.25, -0.2) is 0 Å². The molecule has 26 heavy (non-hydrogen) atoms. The highest BCUT2D eigenvalue weighted by Crippen LogP contribution is 2.30. The van der Waals surface area contributed by atoms with Crippen LogP contribution >= 0.6 is 0 Å². The summed E-state index contributed by atoms with van der Waals surface area (Å²) in [6.45, 7) is 6.07. The Bertz CT molecular complexity index is 621. The van der Waals surface area contributed by atoms with Gasteiger partial charge in [-0.1, -0.05) is 13.8 Å². The Morgan fingerprint density at radius 1 is 1.23 bits per heavy atom. The predicted octanol–water partition coefficient (Wildman–Crippen LogP) is 3.45. The molecule has 0 unspecified atom stereocenters. The van der Waals surface area contributed by atoms with Crippen molar-refractivity contribution in [2.45, 2.75) is 39.5 Å². The van der Waals surface area contributed by atoms with Crippen LogP contribution in [0.5, 0.6) is 11.5 Å². The molecule has 144 valence electrons. The van der Waals surface area contributed by atoms with Crippen molar-refractivity contribution in [3.8, 4) is 11.5 Å². The Hall–Kier alpha value is -2.24. The molecule has 1 N–H and O–H groups in total. The van der Waals surface area contributed by atoms with Gasteiger partial charge in [0.1, 0.15) is 0 Å². The van der Waals surface area contributed by atoms with E-state index in [1.54, 1.807) is 30.2 Å². The van der Waals surface area contributed by atoms with Gasteiger partial charge in [0.05, 0.1) is 13.7 Å². The van der Waals surface area contributed by atoms with Crippen LogP contribution in [-0.2, 0) is 4.79 Å². The Kier molecular flexibility index (Phi) is 7.30. The minimum atomic E-state index is -0.771. The third-order valence-corrected chi connectivity index (χ3v) is 4.73. The number of piperidine rings is 1. The first-order chi connectivity index (χ1) is 12.4. The number of aliphatic carboxylic acids is 1. The Morgan fingerprint density at radius 2 is 1.92 bits per heavy atom. The molecule has 1 fully saturated rings. The molecular weight excluding hydrogens is 334 g/mol.